The Morgan fingerprint density at radius 2 is 1.70 bits per heavy atom. The maximum absolute atomic E-state index is 12.5. The molecule has 2 rings (SSSR count). The Kier molecular flexibility index (Phi) is 8.25. The number of aliphatic carboxylic acids is 1. The van der Waals surface area contributed by atoms with Crippen LogP contribution in [0.25, 0.3) is 0 Å². The molecule has 0 aliphatic heterocycles. The fourth-order valence-electron chi connectivity index (χ4n) is 2.36. The van der Waals surface area contributed by atoms with Crippen molar-refractivity contribution in [2.75, 3.05) is 10.6 Å². The number of thioether (sulfide) groups is 1. The molecule has 0 saturated heterocycles. The first kappa shape index (κ1) is 23.2. The van der Waals surface area contributed by atoms with Gasteiger partial charge in [0.1, 0.15) is 0 Å². The van der Waals surface area contributed by atoms with Crippen LogP contribution in [-0.4, -0.2) is 39.2 Å². The largest absolute Gasteiger partial charge is 0.481 e. The van der Waals surface area contributed by atoms with E-state index in [4.69, 9.17) is 21.8 Å². The minimum Gasteiger partial charge on any atom is -0.481 e. The number of aromatic carboxylic acids is 1. The maximum atomic E-state index is 12.5. The van der Waals surface area contributed by atoms with Gasteiger partial charge in [-0.15, -0.1) is 11.8 Å². The number of hydrogen-bond acceptors (Lipinski definition) is 5. The highest BCUT2D eigenvalue weighted by Crippen LogP contribution is 2.27. The van der Waals surface area contributed by atoms with Gasteiger partial charge in [-0.2, -0.15) is 0 Å². The van der Waals surface area contributed by atoms with E-state index < -0.39 is 23.1 Å². The van der Waals surface area contributed by atoms with E-state index in [0.717, 1.165) is 4.90 Å². The number of amides is 2. The summed E-state index contributed by atoms with van der Waals surface area (Å²) in [7, 11) is 0. The van der Waals surface area contributed by atoms with E-state index in [2.05, 4.69) is 10.6 Å². The molecule has 0 fully saturated rings. The van der Waals surface area contributed by atoms with Crippen molar-refractivity contribution in [3.05, 3.63) is 53.1 Å². The SMILES string of the molecule is CC(Sc1cccc(NC(=O)CCC(=O)O)c1)C(=O)Nc1ccc(Cl)c(C(=O)O)c1. The second-order valence-corrected chi connectivity index (χ2v) is 8.04. The molecule has 30 heavy (non-hydrogen) atoms. The van der Waals surface area contributed by atoms with E-state index >= 15 is 0 Å². The zero-order valence-corrected chi connectivity index (χ0v) is 17.4. The van der Waals surface area contributed by atoms with Crippen LogP contribution in [0.2, 0.25) is 5.02 Å². The normalized spacial score (nSPS) is 11.4. The quantitative estimate of drug-likeness (QED) is 0.425. The molecule has 1 atom stereocenters. The van der Waals surface area contributed by atoms with Crippen molar-refractivity contribution in [2.45, 2.75) is 29.9 Å². The van der Waals surface area contributed by atoms with Crippen molar-refractivity contribution >= 4 is 58.5 Å². The molecule has 2 aromatic rings. The van der Waals surface area contributed by atoms with Crippen LogP contribution < -0.4 is 10.6 Å². The van der Waals surface area contributed by atoms with E-state index in [0.29, 0.717) is 11.4 Å². The van der Waals surface area contributed by atoms with Crippen molar-refractivity contribution in [2.24, 2.45) is 0 Å². The van der Waals surface area contributed by atoms with Crippen LogP contribution in [0.4, 0.5) is 11.4 Å². The number of nitrogens with one attached hydrogen (secondary N) is 2. The standard InChI is InChI=1S/C20H19ClN2O6S/c1-11(19(27)23-13-5-6-16(21)15(10-13)20(28)29)30-14-4-2-3-12(9-14)22-17(24)7-8-18(25)26/h2-6,9-11H,7-8H2,1H3,(H,22,24)(H,23,27)(H,25,26)(H,28,29). The van der Waals surface area contributed by atoms with Crippen molar-refractivity contribution < 1.29 is 29.4 Å². The van der Waals surface area contributed by atoms with Crippen molar-refractivity contribution in [1.82, 2.24) is 0 Å². The Bertz CT molecular complexity index is 982. The lowest BCUT2D eigenvalue weighted by molar-refractivity contribution is -0.138. The van der Waals surface area contributed by atoms with E-state index in [1.165, 1.54) is 30.0 Å². The number of carbonyl (C=O) groups excluding carboxylic acids is 2. The fourth-order valence-corrected chi connectivity index (χ4v) is 3.48. The molecule has 0 heterocycles. The lowest BCUT2D eigenvalue weighted by Crippen LogP contribution is -2.22. The van der Waals surface area contributed by atoms with Crippen LogP contribution >= 0.6 is 23.4 Å². The number of carboxylic acid groups (broad SMARTS) is 2. The zero-order chi connectivity index (χ0) is 22.3. The van der Waals surface area contributed by atoms with Gasteiger partial charge in [0.05, 0.1) is 22.3 Å². The summed E-state index contributed by atoms with van der Waals surface area (Å²) in [5.41, 5.74) is 0.696. The number of benzene rings is 2. The first-order valence-corrected chi connectivity index (χ1v) is 10.0. The number of rotatable bonds is 9. The van der Waals surface area contributed by atoms with Gasteiger partial charge < -0.3 is 20.8 Å². The number of anilines is 2. The zero-order valence-electron chi connectivity index (χ0n) is 15.8. The van der Waals surface area contributed by atoms with Crippen molar-refractivity contribution in [3.8, 4) is 0 Å². The molecule has 0 aromatic heterocycles. The molecule has 1 unspecified atom stereocenters. The molecular weight excluding hydrogens is 432 g/mol. The summed E-state index contributed by atoms with van der Waals surface area (Å²) in [5.74, 6) is -3.00. The van der Waals surface area contributed by atoms with Gasteiger partial charge in [-0.25, -0.2) is 4.79 Å². The van der Waals surface area contributed by atoms with Crippen LogP contribution in [0.15, 0.2) is 47.4 Å². The van der Waals surface area contributed by atoms with E-state index in [9.17, 15) is 19.2 Å². The predicted octanol–water partition coefficient (Wildman–Crippen LogP) is 3.96. The smallest absolute Gasteiger partial charge is 0.337 e. The van der Waals surface area contributed by atoms with Crippen molar-refractivity contribution in [3.63, 3.8) is 0 Å². The molecule has 10 heteroatoms. The van der Waals surface area contributed by atoms with E-state index in [1.807, 2.05) is 0 Å². The highest BCUT2D eigenvalue weighted by atomic mass is 35.5. The monoisotopic (exact) mass is 450 g/mol. The van der Waals surface area contributed by atoms with Crippen LogP contribution in [0, 0.1) is 0 Å². The van der Waals surface area contributed by atoms with Crippen LogP contribution in [0.1, 0.15) is 30.1 Å². The Balaban J connectivity index is 1.98. The molecule has 8 nitrogen and oxygen atoms in total. The Morgan fingerprint density at radius 3 is 2.37 bits per heavy atom. The van der Waals surface area contributed by atoms with Crippen LogP contribution in [0.3, 0.4) is 0 Å². The highest BCUT2D eigenvalue weighted by Gasteiger charge is 2.17. The number of carbonyl (C=O) groups is 4. The first-order chi connectivity index (χ1) is 14.2. The molecule has 158 valence electrons. The van der Waals surface area contributed by atoms with Gasteiger partial charge in [0, 0.05) is 22.7 Å². The first-order valence-electron chi connectivity index (χ1n) is 8.78. The van der Waals surface area contributed by atoms with Gasteiger partial charge in [0.2, 0.25) is 11.8 Å². The molecule has 0 spiro atoms. The van der Waals surface area contributed by atoms with Crippen LogP contribution in [0.5, 0.6) is 0 Å². The second kappa shape index (κ2) is 10.7. The van der Waals surface area contributed by atoms with E-state index in [1.54, 1.807) is 31.2 Å². The second-order valence-electron chi connectivity index (χ2n) is 6.22. The highest BCUT2D eigenvalue weighted by molar-refractivity contribution is 8.00. The van der Waals surface area contributed by atoms with Gasteiger partial charge in [-0.3, -0.25) is 14.4 Å². The van der Waals surface area contributed by atoms with Gasteiger partial charge in [-0.1, -0.05) is 17.7 Å². The molecule has 0 radical (unpaired) electrons. The third-order valence-corrected chi connectivity index (χ3v) is 5.25. The predicted molar refractivity (Wildman–Crippen MR) is 114 cm³/mol. The summed E-state index contributed by atoms with van der Waals surface area (Å²) < 4.78 is 0. The molecule has 2 aromatic carbocycles. The molecule has 0 saturated carbocycles. The van der Waals surface area contributed by atoms with Crippen LogP contribution in [-0.2, 0) is 14.4 Å². The Morgan fingerprint density at radius 1 is 1.00 bits per heavy atom. The fraction of sp³-hybridized carbons (Fsp3) is 0.200. The number of halogens is 1. The molecule has 2 amide bonds. The molecular formula is C20H19ClN2O6S. The third kappa shape index (κ3) is 7.09. The number of carboxylic acids is 2. The number of hydrogen-bond donors (Lipinski definition) is 4. The maximum Gasteiger partial charge on any atom is 0.337 e. The van der Waals surface area contributed by atoms with Crippen molar-refractivity contribution in [1.29, 1.82) is 0 Å². The van der Waals surface area contributed by atoms with Gasteiger partial charge >= 0.3 is 11.9 Å². The van der Waals surface area contributed by atoms with Gasteiger partial charge in [0.15, 0.2) is 0 Å². The average Bonchev–Trinajstić information content (AvgIpc) is 2.67. The molecule has 0 aliphatic rings. The molecule has 0 bridgehead atoms. The summed E-state index contributed by atoms with van der Waals surface area (Å²) in [6.45, 7) is 1.69. The third-order valence-electron chi connectivity index (χ3n) is 3.83. The Labute approximate surface area is 181 Å². The van der Waals surface area contributed by atoms with Gasteiger partial charge in [-0.05, 0) is 43.3 Å². The summed E-state index contributed by atoms with van der Waals surface area (Å²) in [4.78, 5) is 46.6. The summed E-state index contributed by atoms with van der Waals surface area (Å²) in [6, 6.07) is 11.0. The summed E-state index contributed by atoms with van der Waals surface area (Å²) in [6.07, 6.45) is -0.392. The minimum absolute atomic E-state index is 0.0742. The van der Waals surface area contributed by atoms with Gasteiger partial charge in [0.25, 0.3) is 0 Å². The summed E-state index contributed by atoms with van der Waals surface area (Å²) >= 11 is 7.07. The molecule has 4 N–H and O–H groups in total. The lowest BCUT2D eigenvalue weighted by atomic mass is 10.2. The topological polar surface area (TPSA) is 133 Å². The van der Waals surface area contributed by atoms with E-state index in [-0.39, 0.29) is 29.3 Å². The lowest BCUT2D eigenvalue weighted by Gasteiger charge is -2.13. The Hall–Kier alpha value is -3.04. The average molecular weight is 451 g/mol. The molecule has 0 aliphatic carbocycles. The minimum atomic E-state index is -1.19. The summed E-state index contributed by atoms with van der Waals surface area (Å²) in [5, 5.41) is 22.6.